The third-order valence-electron chi connectivity index (χ3n) is 4.81. The van der Waals surface area contributed by atoms with E-state index in [2.05, 4.69) is 15.3 Å². The number of aromatic amines is 1. The van der Waals surface area contributed by atoms with Gasteiger partial charge in [-0.2, -0.15) is 0 Å². The van der Waals surface area contributed by atoms with Crippen molar-refractivity contribution in [3.8, 4) is 0 Å². The van der Waals surface area contributed by atoms with E-state index in [-0.39, 0.29) is 17.9 Å². The molecule has 3 aromatic heterocycles. The number of carbonyl (C=O) groups is 1. The summed E-state index contributed by atoms with van der Waals surface area (Å²) < 4.78 is 6.74. The summed E-state index contributed by atoms with van der Waals surface area (Å²) in [5, 5.41) is 3.81. The van der Waals surface area contributed by atoms with Crippen LogP contribution < -0.4 is 10.9 Å². The zero-order chi connectivity index (χ0) is 19.5. The Kier molecular flexibility index (Phi) is 4.97. The molecule has 144 valence electrons. The highest BCUT2D eigenvalue weighted by Gasteiger charge is 2.12. The molecule has 4 rings (SSSR count). The second kappa shape index (κ2) is 7.72. The van der Waals surface area contributed by atoms with Gasteiger partial charge in [0.05, 0.1) is 12.6 Å². The van der Waals surface area contributed by atoms with Gasteiger partial charge in [-0.3, -0.25) is 14.2 Å². The quantitative estimate of drug-likeness (QED) is 0.484. The Balaban J connectivity index is 1.38. The minimum absolute atomic E-state index is 0.0845. The highest BCUT2D eigenvalue weighted by Crippen LogP contribution is 2.22. The highest BCUT2D eigenvalue weighted by atomic mass is 16.3. The van der Waals surface area contributed by atoms with Crippen LogP contribution in [0.4, 0.5) is 0 Å². The molecule has 1 aromatic carbocycles. The largest absolute Gasteiger partial charge is 0.469 e. The second-order valence-electron chi connectivity index (χ2n) is 6.92. The number of aromatic nitrogens is 3. The van der Waals surface area contributed by atoms with Gasteiger partial charge in [0.2, 0.25) is 5.91 Å². The Hall–Kier alpha value is -3.35. The van der Waals surface area contributed by atoms with Gasteiger partial charge in [0.15, 0.2) is 0 Å². The van der Waals surface area contributed by atoms with Gasteiger partial charge in [-0.05, 0) is 37.6 Å². The van der Waals surface area contributed by atoms with Gasteiger partial charge in [0.1, 0.15) is 16.8 Å². The van der Waals surface area contributed by atoms with Gasteiger partial charge in [0.25, 0.3) is 5.56 Å². The fourth-order valence-electron chi connectivity index (χ4n) is 3.32. The Morgan fingerprint density at radius 3 is 3.04 bits per heavy atom. The van der Waals surface area contributed by atoms with E-state index in [4.69, 9.17) is 4.42 Å². The summed E-state index contributed by atoms with van der Waals surface area (Å²) in [7, 11) is 0. The Bertz CT molecular complexity index is 1170. The first-order chi connectivity index (χ1) is 13.6. The van der Waals surface area contributed by atoms with E-state index in [1.54, 1.807) is 6.26 Å². The zero-order valence-corrected chi connectivity index (χ0v) is 15.7. The summed E-state index contributed by atoms with van der Waals surface area (Å²) in [6.45, 7) is 2.88. The predicted octanol–water partition coefficient (Wildman–Crippen LogP) is 2.92. The molecule has 7 heteroatoms. The third-order valence-corrected chi connectivity index (χ3v) is 4.81. The SMILES string of the molecule is Cc1ccc2[nH]c3c(=O)n(CCC(=O)NCCCc4ccco4)cnc3c2c1. The maximum absolute atomic E-state index is 12.7. The number of carbonyl (C=O) groups excluding carboxylic acids is 1. The standard InChI is InChI=1S/C21H22N4O3/c1-14-6-7-17-16(12-14)19-20(24-17)21(27)25(13-23-19)10-8-18(26)22-9-2-4-15-5-3-11-28-15/h3,5-7,11-13,24H,2,4,8-10H2,1H3,(H,22,26). The lowest BCUT2D eigenvalue weighted by Crippen LogP contribution is -2.28. The number of fused-ring (bicyclic) bond motifs is 3. The van der Waals surface area contributed by atoms with Gasteiger partial charge < -0.3 is 14.7 Å². The van der Waals surface area contributed by atoms with Crippen molar-refractivity contribution < 1.29 is 9.21 Å². The fourth-order valence-corrected chi connectivity index (χ4v) is 3.32. The number of nitrogens with zero attached hydrogens (tertiary/aromatic N) is 2. The number of furan rings is 1. The van der Waals surface area contributed by atoms with Crippen LogP contribution in [0, 0.1) is 6.92 Å². The molecule has 28 heavy (non-hydrogen) atoms. The Morgan fingerprint density at radius 2 is 2.21 bits per heavy atom. The molecule has 3 heterocycles. The summed E-state index contributed by atoms with van der Waals surface area (Å²) >= 11 is 0. The van der Waals surface area contributed by atoms with Crippen molar-refractivity contribution in [1.29, 1.82) is 0 Å². The van der Waals surface area contributed by atoms with Gasteiger partial charge in [0, 0.05) is 36.8 Å². The summed E-state index contributed by atoms with van der Waals surface area (Å²) in [5.41, 5.74) is 2.98. The molecule has 0 unspecified atom stereocenters. The van der Waals surface area contributed by atoms with Crippen LogP contribution in [-0.2, 0) is 17.8 Å². The van der Waals surface area contributed by atoms with Crippen LogP contribution in [0.3, 0.4) is 0 Å². The molecule has 0 aliphatic carbocycles. The molecule has 0 saturated carbocycles. The summed E-state index contributed by atoms with van der Waals surface area (Å²) in [6.07, 6.45) is 4.98. The first-order valence-electron chi connectivity index (χ1n) is 9.38. The molecule has 0 bridgehead atoms. The maximum Gasteiger partial charge on any atom is 0.277 e. The van der Waals surface area contributed by atoms with Crippen molar-refractivity contribution in [3.63, 3.8) is 0 Å². The van der Waals surface area contributed by atoms with Crippen LogP contribution in [0.15, 0.2) is 52.1 Å². The molecular formula is C21H22N4O3. The van der Waals surface area contributed by atoms with Gasteiger partial charge in [-0.25, -0.2) is 4.98 Å². The van der Waals surface area contributed by atoms with E-state index < -0.39 is 0 Å². The lowest BCUT2D eigenvalue weighted by Gasteiger charge is -2.06. The minimum atomic E-state index is -0.163. The van der Waals surface area contributed by atoms with E-state index in [1.807, 2.05) is 37.3 Å². The van der Waals surface area contributed by atoms with Gasteiger partial charge in [-0.15, -0.1) is 0 Å². The Labute approximate surface area is 161 Å². The number of amides is 1. The second-order valence-corrected chi connectivity index (χ2v) is 6.92. The molecular weight excluding hydrogens is 356 g/mol. The van der Waals surface area contributed by atoms with Crippen molar-refractivity contribution in [1.82, 2.24) is 19.9 Å². The van der Waals surface area contributed by atoms with Crippen molar-refractivity contribution in [3.05, 3.63) is 64.6 Å². The summed E-state index contributed by atoms with van der Waals surface area (Å²) in [4.78, 5) is 32.4. The monoisotopic (exact) mass is 378 g/mol. The molecule has 7 nitrogen and oxygen atoms in total. The number of aryl methyl sites for hydroxylation is 3. The number of rotatable bonds is 7. The summed E-state index contributed by atoms with van der Waals surface area (Å²) in [6, 6.07) is 9.73. The maximum atomic E-state index is 12.7. The number of hydrogen-bond donors (Lipinski definition) is 2. The zero-order valence-electron chi connectivity index (χ0n) is 15.7. The van der Waals surface area contributed by atoms with Crippen LogP contribution in [0.25, 0.3) is 21.9 Å². The summed E-state index contributed by atoms with van der Waals surface area (Å²) in [5.74, 6) is 0.826. The van der Waals surface area contributed by atoms with Crippen molar-refractivity contribution in [2.45, 2.75) is 32.7 Å². The highest BCUT2D eigenvalue weighted by molar-refractivity contribution is 6.04. The fraction of sp³-hybridized carbons (Fsp3) is 0.286. The Morgan fingerprint density at radius 1 is 1.32 bits per heavy atom. The lowest BCUT2D eigenvalue weighted by atomic mass is 10.2. The predicted molar refractivity (Wildman–Crippen MR) is 107 cm³/mol. The van der Waals surface area contributed by atoms with Gasteiger partial charge in [-0.1, -0.05) is 11.6 Å². The number of nitrogens with one attached hydrogen (secondary N) is 2. The smallest absolute Gasteiger partial charge is 0.277 e. The van der Waals surface area contributed by atoms with Crippen molar-refractivity contribution in [2.75, 3.05) is 6.54 Å². The average molecular weight is 378 g/mol. The molecule has 0 radical (unpaired) electrons. The lowest BCUT2D eigenvalue weighted by molar-refractivity contribution is -0.121. The molecule has 0 fully saturated rings. The van der Waals surface area contributed by atoms with Crippen molar-refractivity contribution in [2.24, 2.45) is 0 Å². The van der Waals surface area contributed by atoms with Crippen LogP contribution in [0.1, 0.15) is 24.2 Å². The minimum Gasteiger partial charge on any atom is -0.469 e. The number of hydrogen-bond acceptors (Lipinski definition) is 4. The van der Waals surface area contributed by atoms with Crippen LogP contribution in [-0.4, -0.2) is 27.0 Å². The third kappa shape index (κ3) is 3.69. The van der Waals surface area contributed by atoms with E-state index in [0.717, 1.165) is 35.1 Å². The average Bonchev–Trinajstić information content (AvgIpc) is 3.33. The molecule has 0 spiro atoms. The first-order valence-corrected chi connectivity index (χ1v) is 9.38. The molecule has 2 N–H and O–H groups in total. The van der Waals surface area contributed by atoms with Gasteiger partial charge >= 0.3 is 0 Å². The molecule has 0 aliphatic rings. The van der Waals surface area contributed by atoms with E-state index in [0.29, 0.717) is 24.1 Å². The van der Waals surface area contributed by atoms with E-state index in [9.17, 15) is 9.59 Å². The molecule has 1 amide bonds. The van der Waals surface area contributed by atoms with E-state index in [1.165, 1.54) is 10.9 Å². The normalized spacial score (nSPS) is 11.3. The van der Waals surface area contributed by atoms with Crippen LogP contribution in [0.2, 0.25) is 0 Å². The molecule has 0 aliphatic heterocycles. The topological polar surface area (TPSA) is 92.9 Å². The number of H-pyrrole nitrogens is 1. The number of benzene rings is 1. The first kappa shape index (κ1) is 18.0. The van der Waals surface area contributed by atoms with Crippen LogP contribution >= 0.6 is 0 Å². The van der Waals surface area contributed by atoms with Crippen LogP contribution in [0.5, 0.6) is 0 Å². The molecule has 0 atom stereocenters. The molecule has 4 aromatic rings. The van der Waals surface area contributed by atoms with Crippen molar-refractivity contribution >= 4 is 27.8 Å². The molecule has 0 saturated heterocycles. The van der Waals surface area contributed by atoms with E-state index >= 15 is 0 Å².